The van der Waals surface area contributed by atoms with Crippen LogP contribution in [-0.2, 0) is 11.3 Å². The van der Waals surface area contributed by atoms with Gasteiger partial charge in [0.2, 0.25) is 5.95 Å². The van der Waals surface area contributed by atoms with Gasteiger partial charge in [-0.3, -0.25) is 0 Å². The number of para-hydroxylation sites is 2. The summed E-state index contributed by atoms with van der Waals surface area (Å²) in [5, 5.41) is 9.22. The minimum atomic E-state index is -0.554. The number of carbonyl (C=O) groups is 1. The van der Waals surface area contributed by atoms with Crippen molar-refractivity contribution in [1.29, 1.82) is 0 Å². The van der Waals surface area contributed by atoms with Gasteiger partial charge in [-0.1, -0.05) is 42.5 Å². The number of imidazole rings is 1. The first-order chi connectivity index (χ1) is 11.3. The van der Waals surface area contributed by atoms with E-state index in [-0.39, 0.29) is 19.8 Å². The highest BCUT2D eigenvalue weighted by Crippen LogP contribution is 2.18. The van der Waals surface area contributed by atoms with E-state index in [9.17, 15) is 9.90 Å². The number of nitrogens with one attached hydrogen (secondary N) is 1. The molecule has 1 aromatic heterocycles. The van der Waals surface area contributed by atoms with Crippen LogP contribution in [0, 0.1) is 0 Å². The third-order valence-corrected chi connectivity index (χ3v) is 3.38. The lowest BCUT2D eigenvalue weighted by molar-refractivity contribution is 0.145. The van der Waals surface area contributed by atoms with E-state index in [2.05, 4.69) is 9.97 Å². The number of anilines is 1. The summed E-state index contributed by atoms with van der Waals surface area (Å²) in [5.74, 6) is 0.360. The van der Waals surface area contributed by atoms with Crippen LogP contribution < -0.4 is 4.90 Å². The van der Waals surface area contributed by atoms with Gasteiger partial charge in [-0.05, 0) is 17.7 Å². The maximum atomic E-state index is 12.3. The molecule has 3 rings (SSSR count). The molecule has 0 spiro atoms. The molecule has 6 nitrogen and oxygen atoms in total. The van der Waals surface area contributed by atoms with Crippen LogP contribution in [-0.4, -0.2) is 34.3 Å². The molecule has 6 heteroatoms. The smallest absolute Gasteiger partial charge is 0.417 e. The van der Waals surface area contributed by atoms with Crippen molar-refractivity contribution in [3.05, 3.63) is 60.2 Å². The number of benzene rings is 2. The molecular weight excluding hydrogens is 294 g/mol. The van der Waals surface area contributed by atoms with Crippen LogP contribution >= 0.6 is 0 Å². The van der Waals surface area contributed by atoms with Crippen LogP contribution in [0.15, 0.2) is 54.6 Å². The van der Waals surface area contributed by atoms with Crippen molar-refractivity contribution in [1.82, 2.24) is 9.97 Å². The molecule has 1 amide bonds. The third-order valence-electron chi connectivity index (χ3n) is 3.38. The number of aromatic amines is 1. The van der Waals surface area contributed by atoms with E-state index in [0.29, 0.717) is 5.95 Å². The molecule has 0 aliphatic heterocycles. The van der Waals surface area contributed by atoms with E-state index < -0.39 is 6.09 Å². The molecule has 23 heavy (non-hydrogen) atoms. The number of rotatable bonds is 5. The molecule has 2 aromatic carbocycles. The van der Waals surface area contributed by atoms with Crippen molar-refractivity contribution >= 4 is 23.1 Å². The molecule has 0 bridgehead atoms. The van der Waals surface area contributed by atoms with Crippen molar-refractivity contribution in [2.45, 2.75) is 6.61 Å². The molecule has 0 aliphatic carbocycles. The number of nitrogens with zero attached hydrogens (tertiary/aromatic N) is 2. The molecule has 0 saturated carbocycles. The zero-order chi connectivity index (χ0) is 16.1. The van der Waals surface area contributed by atoms with Crippen LogP contribution in [0.1, 0.15) is 5.56 Å². The minimum Gasteiger partial charge on any atom is -0.444 e. The van der Waals surface area contributed by atoms with E-state index in [4.69, 9.17) is 4.74 Å². The van der Waals surface area contributed by atoms with E-state index in [0.717, 1.165) is 16.6 Å². The predicted molar refractivity (Wildman–Crippen MR) is 87.2 cm³/mol. The van der Waals surface area contributed by atoms with E-state index in [1.54, 1.807) is 0 Å². The number of ether oxygens (including phenoxy) is 1. The van der Waals surface area contributed by atoms with Gasteiger partial charge in [0.15, 0.2) is 0 Å². The Labute approximate surface area is 133 Å². The van der Waals surface area contributed by atoms with Crippen molar-refractivity contribution < 1.29 is 14.6 Å². The van der Waals surface area contributed by atoms with Crippen molar-refractivity contribution in [3.63, 3.8) is 0 Å². The Morgan fingerprint density at radius 2 is 1.87 bits per heavy atom. The fraction of sp³-hybridized carbons (Fsp3) is 0.176. The second kappa shape index (κ2) is 6.93. The Hall–Kier alpha value is -2.86. The molecule has 0 radical (unpaired) electrons. The molecule has 1 heterocycles. The first-order valence-electron chi connectivity index (χ1n) is 7.32. The van der Waals surface area contributed by atoms with Gasteiger partial charge in [0.1, 0.15) is 6.61 Å². The number of aromatic nitrogens is 2. The lowest BCUT2D eigenvalue weighted by atomic mass is 10.2. The van der Waals surface area contributed by atoms with Gasteiger partial charge < -0.3 is 14.8 Å². The number of amides is 1. The van der Waals surface area contributed by atoms with Gasteiger partial charge in [-0.25, -0.2) is 14.7 Å². The number of aliphatic hydroxyl groups excluding tert-OH is 1. The summed E-state index contributed by atoms with van der Waals surface area (Å²) >= 11 is 0. The van der Waals surface area contributed by atoms with E-state index in [1.807, 2.05) is 54.6 Å². The molecule has 0 unspecified atom stereocenters. The Balaban J connectivity index is 1.76. The van der Waals surface area contributed by atoms with Crippen LogP contribution in [0.3, 0.4) is 0 Å². The fourth-order valence-electron chi connectivity index (χ4n) is 2.25. The zero-order valence-electron chi connectivity index (χ0n) is 12.5. The van der Waals surface area contributed by atoms with Gasteiger partial charge in [-0.15, -0.1) is 0 Å². The van der Waals surface area contributed by atoms with Gasteiger partial charge in [-0.2, -0.15) is 0 Å². The summed E-state index contributed by atoms with van der Waals surface area (Å²) < 4.78 is 5.31. The summed E-state index contributed by atoms with van der Waals surface area (Å²) in [4.78, 5) is 21.0. The van der Waals surface area contributed by atoms with Crippen molar-refractivity contribution in [2.24, 2.45) is 0 Å². The van der Waals surface area contributed by atoms with Gasteiger partial charge >= 0.3 is 6.09 Å². The zero-order valence-corrected chi connectivity index (χ0v) is 12.5. The highest BCUT2D eigenvalue weighted by Gasteiger charge is 2.20. The number of fused-ring (bicyclic) bond motifs is 1. The predicted octanol–water partition coefficient (Wildman–Crippen LogP) is 2.70. The van der Waals surface area contributed by atoms with Crippen LogP contribution in [0.5, 0.6) is 0 Å². The second-order valence-electron chi connectivity index (χ2n) is 4.99. The highest BCUT2D eigenvalue weighted by atomic mass is 16.6. The Morgan fingerprint density at radius 3 is 2.61 bits per heavy atom. The summed E-state index contributed by atoms with van der Waals surface area (Å²) in [6.45, 7) is 0.0900. The quantitative estimate of drug-likeness (QED) is 0.759. The molecule has 118 valence electrons. The Bertz CT molecular complexity index is 753. The van der Waals surface area contributed by atoms with Gasteiger partial charge in [0.05, 0.1) is 24.2 Å². The molecular formula is C17H17N3O3. The molecule has 0 fully saturated rings. The average Bonchev–Trinajstić information content (AvgIpc) is 3.02. The third kappa shape index (κ3) is 3.49. The van der Waals surface area contributed by atoms with Crippen LogP contribution in [0.2, 0.25) is 0 Å². The molecule has 0 atom stereocenters. The average molecular weight is 311 g/mol. The molecule has 3 aromatic rings. The van der Waals surface area contributed by atoms with Crippen LogP contribution in [0.25, 0.3) is 11.0 Å². The van der Waals surface area contributed by atoms with E-state index >= 15 is 0 Å². The SMILES string of the molecule is O=C(OCc1ccccc1)N(CCO)c1nc2ccccc2[nH]1. The fourth-order valence-corrected chi connectivity index (χ4v) is 2.25. The summed E-state index contributed by atoms with van der Waals surface area (Å²) in [6.07, 6.45) is -0.554. The maximum Gasteiger partial charge on any atom is 0.417 e. The van der Waals surface area contributed by atoms with E-state index in [1.165, 1.54) is 4.90 Å². The first-order valence-corrected chi connectivity index (χ1v) is 7.32. The van der Waals surface area contributed by atoms with Crippen molar-refractivity contribution in [3.8, 4) is 0 Å². The lowest BCUT2D eigenvalue weighted by Gasteiger charge is -2.18. The largest absolute Gasteiger partial charge is 0.444 e. The summed E-state index contributed by atoms with van der Waals surface area (Å²) in [5.41, 5.74) is 2.47. The summed E-state index contributed by atoms with van der Waals surface area (Å²) in [6, 6.07) is 16.9. The maximum absolute atomic E-state index is 12.3. The Morgan fingerprint density at radius 1 is 1.13 bits per heavy atom. The number of hydrogen-bond donors (Lipinski definition) is 2. The minimum absolute atomic E-state index is 0.105. The molecule has 0 saturated heterocycles. The number of aliphatic hydroxyl groups is 1. The highest BCUT2D eigenvalue weighted by molar-refractivity contribution is 5.88. The lowest BCUT2D eigenvalue weighted by Crippen LogP contribution is -2.34. The number of carbonyl (C=O) groups excluding carboxylic acids is 1. The van der Waals surface area contributed by atoms with Crippen molar-refractivity contribution in [2.75, 3.05) is 18.1 Å². The van der Waals surface area contributed by atoms with Crippen LogP contribution in [0.4, 0.5) is 10.7 Å². The molecule has 0 aliphatic rings. The normalized spacial score (nSPS) is 10.7. The first kappa shape index (κ1) is 15.1. The topological polar surface area (TPSA) is 78.4 Å². The second-order valence-corrected chi connectivity index (χ2v) is 4.99. The standard InChI is InChI=1S/C17H17N3O3/c21-11-10-20(16-18-14-8-4-5-9-15(14)19-16)17(22)23-12-13-6-2-1-3-7-13/h1-9,21H,10-12H2,(H,18,19). The molecule has 2 N–H and O–H groups in total. The summed E-state index contributed by atoms with van der Waals surface area (Å²) in [7, 11) is 0. The van der Waals surface area contributed by atoms with Gasteiger partial charge in [0.25, 0.3) is 0 Å². The number of H-pyrrole nitrogens is 1. The number of hydrogen-bond acceptors (Lipinski definition) is 4. The Kier molecular flexibility index (Phi) is 4.54. The van der Waals surface area contributed by atoms with Gasteiger partial charge in [0, 0.05) is 0 Å². The monoisotopic (exact) mass is 311 g/mol.